The molecule has 0 saturated carbocycles. The van der Waals surface area contributed by atoms with Gasteiger partial charge in [0, 0.05) is 12.4 Å². The Hall–Kier alpha value is -3.70. The number of rotatable bonds is 4. The van der Waals surface area contributed by atoms with Gasteiger partial charge in [-0.25, -0.2) is 4.98 Å². The summed E-state index contributed by atoms with van der Waals surface area (Å²) in [7, 11) is 0. The van der Waals surface area contributed by atoms with Gasteiger partial charge >= 0.3 is 0 Å². The van der Waals surface area contributed by atoms with Gasteiger partial charge in [-0.05, 0) is 0 Å². The molecule has 2 rings (SSSR count). The monoisotopic (exact) mass is 307 g/mol. The second-order valence-electron chi connectivity index (χ2n) is 3.91. The summed E-state index contributed by atoms with van der Waals surface area (Å²) < 4.78 is 0.793. The zero-order valence-corrected chi connectivity index (χ0v) is 10.5. The number of non-ortho nitro benzene ring substituents is 1. The number of nitro groups is 3. The molecule has 0 aliphatic rings. The summed E-state index contributed by atoms with van der Waals surface area (Å²) >= 11 is 0. The summed E-state index contributed by atoms with van der Waals surface area (Å²) in [4.78, 5) is 45.3. The molecule has 0 aliphatic carbocycles. The molecule has 0 amide bonds. The van der Waals surface area contributed by atoms with E-state index in [0.717, 1.165) is 17.1 Å². The fourth-order valence-electron chi connectivity index (χ4n) is 1.72. The van der Waals surface area contributed by atoms with Gasteiger partial charge in [0.1, 0.15) is 6.33 Å². The Morgan fingerprint density at radius 3 is 1.91 bits per heavy atom. The highest BCUT2D eigenvalue weighted by molar-refractivity contribution is 6.03. The number of carbonyl (C=O) groups excluding carboxylic acids is 1. The van der Waals surface area contributed by atoms with E-state index in [2.05, 4.69) is 4.98 Å². The molecule has 0 N–H and O–H groups in total. The molecule has 0 spiro atoms. The van der Waals surface area contributed by atoms with Crippen LogP contribution in [0, 0.1) is 30.3 Å². The Bertz CT molecular complexity index is 763. The average Bonchev–Trinajstić information content (AvgIpc) is 2.98. The first kappa shape index (κ1) is 14.7. The van der Waals surface area contributed by atoms with Crippen molar-refractivity contribution >= 4 is 23.0 Å². The van der Waals surface area contributed by atoms with E-state index in [1.54, 1.807) is 0 Å². The summed E-state index contributed by atoms with van der Waals surface area (Å²) in [5, 5.41) is 32.8. The standard InChI is InChI=1S/C10H5N5O7/c16-10(12-2-1-11-5-12)9-7(14(19)20)3-6(13(17)18)4-8(9)15(21)22/h1-5H. The topological polar surface area (TPSA) is 164 Å². The molecular weight excluding hydrogens is 302 g/mol. The maximum atomic E-state index is 12.2. The third kappa shape index (κ3) is 2.47. The van der Waals surface area contributed by atoms with Crippen molar-refractivity contribution in [2.24, 2.45) is 0 Å². The number of carbonyl (C=O) groups is 1. The van der Waals surface area contributed by atoms with Crippen LogP contribution in [-0.4, -0.2) is 30.2 Å². The van der Waals surface area contributed by atoms with Gasteiger partial charge in [0.15, 0.2) is 5.56 Å². The Labute approximate surface area is 120 Å². The number of benzene rings is 1. The van der Waals surface area contributed by atoms with Crippen LogP contribution in [0.3, 0.4) is 0 Å². The first-order chi connectivity index (χ1) is 10.3. The SMILES string of the molecule is O=C(c1c([N+](=O)[O-])cc([N+](=O)[O-])cc1[N+](=O)[O-])n1ccnc1. The van der Waals surface area contributed by atoms with Crippen molar-refractivity contribution < 1.29 is 19.6 Å². The maximum absolute atomic E-state index is 12.2. The van der Waals surface area contributed by atoms with E-state index in [1.165, 1.54) is 6.20 Å². The summed E-state index contributed by atoms with van der Waals surface area (Å²) in [6, 6.07) is 0.994. The van der Waals surface area contributed by atoms with Crippen LogP contribution in [0.15, 0.2) is 30.9 Å². The van der Waals surface area contributed by atoms with E-state index in [0.29, 0.717) is 12.1 Å². The van der Waals surface area contributed by atoms with Gasteiger partial charge in [-0.15, -0.1) is 0 Å². The predicted molar refractivity (Wildman–Crippen MR) is 68.4 cm³/mol. The van der Waals surface area contributed by atoms with Crippen LogP contribution >= 0.6 is 0 Å². The van der Waals surface area contributed by atoms with Gasteiger partial charge < -0.3 is 0 Å². The van der Waals surface area contributed by atoms with Crippen molar-refractivity contribution in [1.82, 2.24) is 9.55 Å². The molecule has 0 saturated heterocycles. The van der Waals surface area contributed by atoms with Crippen molar-refractivity contribution in [3.63, 3.8) is 0 Å². The number of hydrogen-bond acceptors (Lipinski definition) is 8. The van der Waals surface area contributed by atoms with Crippen molar-refractivity contribution in [1.29, 1.82) is 0 Å². The summed E-state index contributed by atoms with van der Waals surface area (Å²) in [5.41, 5.74) is -3.78. The van der Waals surface area contributed by atoms with Gasteiger partial charge in [0.25, 0.3) is 23.0 Å². The minimum absolute atomic E-state index is 0.497. The molecule has 1 heterocycles. The zero-order chi connectivity index (χ0) is 16.4. The molecule has 12 nitrogen and oxygen atoms in total. The Morgan fingerprint density at radius 1 is 1.00 bits per heavy atom. The molecule has 1 aromatic carbocycles. The molecule has 0 unspecified atom stereocenters. The highest BCUT2D eigenvalue weighted by Gasteiger charge is 2.35. The maximum Gasteiger partial charge on any atom is 0.296 e. The van der Waals surface area contributed by atoms with Crippen molar-refractivity contribution in [2.75, 3.05) is 0 Å². The van der Waals surface area contributed by atoms with E-state index < -0.39 is 43.3 Å². The van der Waals surface area contributed by atoms with Gasteiger partial charge in [0.05, 0.1) is 26.9 Å². The number of nitro benzene ring substituents is 3. The Kier molecular flexibility index (Phi) is 3.58. The van der Waals surface area contributed by atoms with Crippen LogP contribution in [0.25, 0.3) is 0 Å². The molecule has 12 heteroatoms. The zero-order valence-electron chi connectivity index (χ0n) is 10.5. The minimum atomic E-state index is -1.09. The van der Waals surface area contributed by atoms with Crippen molar-refractivity contribution in [2.45, 2.75) is 0 Å². The van der Waals surface area contributed by atoms with Crippen molar-refractivity contribution in [3.05, 3.63) is 66.8 Å². The minimum Gasteiger partial charge on any atom is -0.272 e. The molecule has 22 heavy (non-hydrogen) atoms. The Balaban J connectivity index is 2.80. The van der Waals surface area contributed by atoms with Crippen LogP contribution in [0.1, 0.15) is 10.4 Å². The number of nitrogens with zero attached hydrogens (tertiary/aromatic N) is 5. The molecule has 2 aromatic rings. The lowest BCUT2D eigenvalue weighted by Crippen LogP contribution is -2.15. The fraction of sp³-hybridized carbons (Fsp3) is 0. The molecule has 0 aliphatic heterocycles. The van der Waals surface area contributed by atoms with E-state index in [-0.39, 0.29) is 0 Å². The second kappa shape index (κ2) is 5.35. The van der Waals surface area contributed by atoms with E-state index >= 15 is 0 Å². The molecule has 0 bridgehead atoms. The van der Waals surface area contributed by atoms with E-state index in [4.69, 9.17) is 0 Å². The predicted octanol–water partition coefficient (Wildman–Crippen LogP) is 1.30. The molecule has 0 radical (unpaired) electrons. The molecule has 0 atom stereocenters. The van der Waals surface area contributed by atoms with Crippen LogP contribution in [-0.2, 0) is 0 Å². The summed E-state index contributed by atoms with van der Waals surface area (Å²) in [6.07, 6.45) is 3.33. The van der Waals surface area contributed by atoms with Crippen LogP contribution in [0.4, 0.5) is 17.1 Å². The highest BCUT2D eigenvalue weighted by Crippen LogP contribution is 2.34. The molecule has 1 aromatic heterocycles. The van der Waals surface area contributed by atoms with Gasteiger partial charge in [-0.3, -0.25) is 39.7 Å². The normalized spacial score (nSPS) is 10.2. The average molecular weight is 307 g/mol. The van der Waals surface area contributed by atoms with E-state index in [1.807, 2.05) is 0 Å². The second-order valence-corrected chi connectivity index (χ2v) is 3.91. The lowest BCUT2D eigenvalue weighted by Gasteiger charge is -2.04. The lowest BCUT2D eigenvalue weighted by molar-refractivity contribution is -0.403. The number of imidazole rings is 1. The summed E-state index contributed by atoms with van der Waals surface area (Å²) in [6.45, 7) is 0. The Morgan fingerprint density at radius 2 is 1.55 bits per heavy atom. The fourth-order valence-corrected chi connectivity index (χ4v) is 1.72. The third-order valence-corrected chi connectivity index (χ3v) is 2.64. The van der Waals surface area contributed by atoms with Gasteiger partial charge in [0.2, 0.25) is 0 Å². The quantitative estimate of drug-likeness (QED) is 0.602. The number of hydrogen-bond donors (Lipinski definition) is 0. The van der Waals surface area contributed by atoms with Gasteiger partial charge in [-0.2, -0.15) is 0 Å². The molecular formula is C10H5N5O7. The van der Waals surface area contributed by atoms with Crippen LogP contribution < -0.4 is 0 Å². The largest absolute Gasteiger partial charge is 0.296 e. The summed E-state index contributed by atoms with van der Waals surface area (Å²) in [5.74, 6) is -1.09. The number of aromatic nitrogens is 2. The first-order valence-electron chi connectivity index (χ1n) is 5.46. The van der Waals surface area contributed by atoms with Crippen LogP contribution in [0.5, 0.6) is 0 Å². The third-order valence-electron chi connectivity index (χ3n) is 2.64. The molecule has 0 fully saturated rings. The van der Waals surface area contributed by atoms with Gasteiger partial charge in [-0.1, -0.05) is 0 Å². The highest BCUT2D eigenvalue weighted by atomic mass is 16.6. The van der Waals surface area contributed by atoms with Crippen LogP contribution in [0.2, 0.25) is 0 Å². The lowest BCUT2D eigenvalue weighted by atomic mass is 10.1. The first-order valence-corrected chi connectivity index (χ1v) is 5.46. The van der Waals surface area contributed by atoms with E-state index in [9.17, 15) is 35.1 Å². The smallest absolute Gasteiger partial charge is 0.272 e. The van der Waals surface area contributed by atoms with Crippen molar-refractivity contribution in [3.8, 4) is 0 Å². The molecule has 112 valence electrons.